The smallest absolute Gasteiger partial charge is 0.108 e. The Kier molecular flexibility index (Phi) is 3.39. The van der Waals surface area contributed by atoms with Crippen molar-refractivity contribution in [1.82, 2.24) is 9.97 Å². The molecule has 0 aliphatic carbocycles. The number of nitrogens with one attached hydrogen (secondary N) is 1. The molecule has 1 aromatic heterocycles. The molecule has 2 rings (SSSR count). The second kappa shape index (κ2) is 4.78. The number of anilines is 1. The summed E-state index contributed by atoms with van der Waals surface area (Å²) in [5.41, 5.74) is 8.53. The summed E-state index contributed by atoms with van der Waals surface area (Å²) in [5, 5.41) is 0.681. The lowest BCUT2D eigenvalue weighted by molar-refractivity contribution is 1.00. The molecule has 0 amide bonds. The van der Waals surface area contributed by atoms with E-state index in [-0.39, 0.29) is 0 Å². The van der Waals surface area contributed by atoms with E-state index in [1.54, 1.807) is 0 Å². The number of hydrogen-bond acceptors (Lipinski definition) is 3. The molecule has 1 aromatic carbocycles. The van der Waals surface area contributed by atoms with E-state index in [4.69, 9.17) is 5.73 Å². The fourth-order valence-corrected chi connectivity index (χ4v) is 2.37. The normalized spacial score (nSPS) is 11.4. The summed E-state index contributed by atoms with van der Waals surface area (Å²) in [6, 6.07) is 5.78. The minimum absolute atomic E-state index is 0.681. The summed E-state index contributed by atoms with van der Waals surface area (Å²) >= 11 is 1.95. The van der Waals surface area contributed by atoms with Gasteiger partial charge in [0.05, 0.1) is 11.0 Å². The van der Waals surface area contributed by atoms with Crippen LogP contribution >= 0.6 is 11.8 Å². The van der Waals surface area contributed by atoms with E-state index in [0.29, 0.717) is 5.25 Å². The number of fused-ring (bicyclic) bond motifs is 1. The minimum atomic E-state index is 0.681. The molecular formula is C12H17N3S. The molecule has 0 spiro atoms. The number of aromatic amines is 1. The van der Waals surface area contributed by atoms with E-state index in [2.05, 4.69) is 23.8 Å². The second-order valence-electron chi connectivity index (χ2n) is 4.13. The Bertz CT molecular complexity index is 476. The molecule has 0 bridgehead atoms. The first-order valence-electron chi connectivity index (χ1n) is 5.51. The van der Waals surface area contributed by atoms with E-state index in [1.165, 1.54) is 0 Å². The molecule has 0 aliphatic heterocycles. The van der Waals surface area contributed by atoms with Gasteiger partial charge >= 0.3 is 0 Å². The molecular weight excluding hydrogens is 218 g/mol. The maximum Gasteiger partial charge on any atom is 0.108 e. The zero-order valence-corrected chi connectivity index (χ0v) is 10.5. The Morgan fingerprint density at radius 1 is 1.44 bits per heavy atom. The molecule has 16 heavy (non-hydrogen) atoms. The number of nitrogen functional groups attached to an aromatic ring is 1. The molecule has 0 saturated carbocycles. The number of nitrogens with zero attached hydrogens (tertiary/aromatic N) is 1. The summed E-state index contributed by atoms with van der Waals surface area (Å²) in [4.78, 5) is 7.83. The molecule has 1 heterocycles. The highest BCUT2D eigenvalue weighted by Crippen LogP contribution is 2.16. The number of aromatic nitrogens is 2. The van der Waals surface area contributed by atoms with Crippen LogP contribution in [0.25, 0.3) is 11.0 Å². The van der Waals surface area contributed by atoms with Crippen LogP contribution in [0.2, 0.25) is 0 Å². The standard InChI is InChI=1S/C12H17N3S/c1-8(2)16-6-5-12-14-10-4-3-9(13)7-11(10)15-12/h3-4,7-8H,5-6,13H2,1-2H3,(H,14,15). The zero-order chi connectivity index (χ0) is 11.5. The molecule has 0 saturated heterocycles. The summed E-state index contributed by atoms with van der Waals surface area (Å²) in [6.07, 6.45) is 0.984. The lowest BCUT2D eigenvalue weighted by Crippen LogP contribution is -1.95. The topological polar surface area (TPSA) is 54.7 Å². The molecule has 0 atom stereocenters. The van der Waals surface area contributed by atoms with Gasteiger partial charge in [-0.25, -0.2) is 4.98 Å². The van der Waals surface area contributed by atoms with Crippen molar-refractivity contribution in [3.63, 3.8) is 0 Å². The van der Waals surface area contributed by atoms with Crippen LogP contribution in [0.3, 0.4) is 0 Å². The highest BCUT2D eigenvalue weighted by molar-refractivity contribution is 7.99. The van der Waals surface area contributed by atoms with Crippen molar-refractivity contribution < 1.29 is 0 Å². The van der Waals surface area contributed by atoms with E-state index in [1.807, 2.05) is 30.0 Å². The Balaban J connectivity index is 2.08. The first-order chi connectivity index (χ1) is 7.65. The van der Waals surface area contributed by atoms with Gasteiger partial charge in [0, 0.05) is 17.9 Å². The second-order valence-corrected chi connectivity index (χ2v) is 5.81. The number of hydrogen-bond donors (Lipinski definition) is 2. The van der Waals surface area contributed by atoms with Crippen LogP contribution < -0.4 is 5.73 Å². The van der Waals surface area contributed by atoms with Crippen molar-refractivity contribution in [1.29, 1.82) is 0 Å². The molecule has 0 radical (unpaired) electrons. The van der Waals surface area contributed by atoms with Crippen molar-refractivity contribution in [2.24, 2.45) is 0 Å². The van der Waals surface area contributed by atoms with Gasteiger partial charge in [-0.05, 0) is 23.4 Å². The zero-order valence-electron chi connectivity index (χ0n) is 9.66. The Morgan fingerprint density at radius 2 is 2.25 bits per heavy atom. The minimum Gasteiger partial charge on any atom is -0.399 e. The average Bonchev–Trinajstić information content (AvgIpc) is 2.58. The third-order valence-electron chi connectivity index (χ3n) is 2.35. The van der Waals surface area contributed by atoms with Crippen molar-refractivity contribution in [2.45, 2.75) is 25.5 Å². The van der Waals surface area contributed by atoms with E-state index < -0.39 is 0 Å². The first kappa shape index (κ1) is 11.3. The van der Waals surface area contributed by atoms with Crippen LogP contribution in [0.1, 0.15) is 19.7 Å². The number of thioether (sulfide) groups is 1. The SMILES string of the molecule is CC(C)SCCc1nc2ccc(N)cc2[nH]1. The maximum atomic E-state index is 5.72. The van der Waals surface area contributed by atoms with Crippen LogP contribution in [0.15, 0.2) is 18.2 Å². The lowest BCUT2D eigenvalue weighted by atomic mass is 10.3. The number of rotatable bonds is 4. The number of H-pyrrole nitrogens is 1. The summed E-state index contributed by atoms with van der Waals surface area (Å²) in [7, 11) is 0. The van der Waals surface area contributed by atoms with Gasteiger partial charge in [-0.15, -0.1) is 0 Å². The third-order valence-corrected chi connectivity index (χ3v) is 3.45. The quantitative estimate of drug-likeness (QED) is 0.801. The molecule has 86 valence electrons. The van der Waals surface area contributed by atoms with E-state index in [0.717, 1.165) is 34.7 Å². The van der Waals surface area contributed by atoms with Gasteiger partial charge in [0.1, 0.15) is 5.82 Å². The van der Waals surface area contributed by atoms with Gasteiger partial charge in [0.2, 0.25) is 0 Å². The van der Waals surface area contributed by atoms with Crippen LogP contribution in [0.4, 0.5) is 5.69 Å². The van der Waals surface area contributed by atoms with Gasteiger partial charge in [-0.2, -0.15) is 11.8 Å². The first-order valence-corrected chi connectivity index (χ1v) is 6.56. The number of imidazole rings is 1. The van der Waals surface area contributed by atoms with Crippen LogP contribution in [-0.4, -0.2) is 21.0 Å². The molecule has 0 aliphatic rings. The highest BCUT2D eigenvalue weighted by Gasteiger charge is 2.03. The maximum absolute atomic E-state index is 5.72. The molecule has 2 aromatic rings. The molecule has 3 N–H and O–H groups in total. The Hall–Kier alpha value is -1.16. The highest BCUT2D eigenvalue weighted by atomic mass is 32.2. The van der Waals surface area contributed by atoms with Crippen LogP contribution in [0, 0.1) is 0 Å². The van der Waals surface area contributed by atoms with E-state index >= 15 is 0 Å². The van der Waals surface area contributed by atoms with Crippen LogP contribution in [-0.2, 0) is 6.42 Å². The van der Waals surface area contributed by atoms with Gasteiger partial charge in [0.15, 0.2) is 0 Å². The van der Waals surface area contributed by atoms with Crippen LogP contribution in [0.5, 0.6) is 0 Å². The monoisotopic (exact) mass is 235 g/mol. The van der Waals surface area contributed by atoms with Crippen molar-refractivity contribution in [2.75, 3.05) is 11.5 Å². The fourth-order valence-electron chi connectivity index (χ4n) is 1.59. The average molecular weight is 235 g/mol. The molecule has 3 nitrogen and oxygen atoms in total. The van der Waals surface area contributed by atoms with Gasteiger partial charge < -0.3 is 10.7 Å². The lowest BCUT2D eigenvalue weighted by Gasteiger charge is -2.01. The fraction of sp³-hybridized carbons (Fsp3) is 0.417. The molecule has 4 heteroatoms. The molecule has 0 unspecified atom stereocenters. The molecule has 0 fully saturated rings. The predicted octanol–water partition coefficient (Wildman–Crippen LogP) is 2.83. The van der Waals surface area contributed by atoms with E-state index in [9.17, 15) is 0 Å². The number of benzene rings is 1. The third kappa shape index (κ3) is 2.70. The van der Waals surface area contributed by atoms with Crippen molar-refractivity contribution in [3.05, 3.63) is 24.0 Å². The Labute approximate surface area is 99.8 Å². The summed E-state index contributed by atoms with van der Waals surface area (Å²) < 4.78 is 0. The summed E-state index contributed by atoms with van der Waals surface area (Å²) in [5.74, 6) is 2.15. The number of aryl methyl sites for hydroxylation is 1. The Morgan fingerprint density at radius 3 is 3.00 bits per heavy atom. The van der Waals surface area contributed by atoms with Gasteiger partial charge in [0.25, 0.3) is 0 Å². The summed E-state index contributed by atoms with van der Waals surface area (Å²) in [6.45, 7) is 4.42. The number of nitrogens with two attached hydrogens (primary N) is 1. The van der Waals surface area contributed by atoms with Crippen molar-refractivity contribution >= 4 is 28.5 Å². The van der Waals surface area contributed by atoms with Gasteiger partial charge in [-0.1, -0.05) is 13.8 Å². The van der Waals surface area contributed by atoms with Crippen molar-refractivity contribution in [3.8, 4) is 0 Å². The predicted molar refractivity (Wildman–Crippen MR) is 71.8 cm³/mol. The van der Waals surface area contributed by atoms with Gasteiger partial charge in [-0.3, -0.25) is 0 Å². The largest absolute Gasteiger partial charge is 0.399 e.